The summed E-state index contributed by atoms with van der Waals surface area (Å²) < 4.78 is 5.21. The summed E-state index contributed by atoms with van der Waals surface area (Å²) in [6.07, 6.45) is 2.66. The monoisotopic (exact) mass is 214 g/mol. The molecule has 1 rings (SSSR count). The van der Waals surface area contributed by atoms with E-state index in [1.54, 1.807) is 7.11 Å². The quantitative estimate of drug-likeness (QED) is 0.764. The van der Waals surface area contributed by atoms with E-state index in [1.807, 2.05) is 18.2 Å². The molecule has 1 aromatic carbocycles. The molecule has 0 aliphatic rings. The summed E-state index contributed by atoms with van der Waals surface area (Å²) in [4.78, 5) is 0. The highest BCUT2D eigenvalue weighted by molar-refractivity contribution is 6.30. The minimum Gasteiger partial charge on any atom is -0.496 e. The van der Waals surface area contributed by atoms with Gasteiger partial charge in [0.1, 0.15) is 5.75 Å². The molecule has 0 saturated heterocycles. The van der Waals surface area contributed by atoms with E-state index in [1.165, 1.54) is 0 Å². The Morgan fingerprint density at radius 3 is 2.79 bits per heavy atom. The fraction of sp³-hybridized carbons (Fsp3) is 0.455. The number of hydrogen-bond donors (Lipinski definition) is 1. The van der Waals surface area contributed by atoms with Gasteiger partial charge in [-0.15, -0.1) is 0 Å². The summed E-state index contributed by atoms with van der Waals surface area (Å²) in [7, 11) is 1.65. The van der Waals surface area contributed by atoms with Crippen LogP contribution < -0.4 is 4.74 Å². The van der Waals surface area contributed by atoms with E-state index in [9.17, 15) is 0 Å². The topological polar surface area (TPSA) is 29.5 Å². The number of hydrogen-bond acceptors (Lipinski definition) is 2. The average molecular weight is 215 g/mol. The van der Waals surface area contributed by atoms with Crippen molar-refractivity contribution < 1.29 is 9.84 Å². The molecule has 1 N–H and O–H groups in total. The molecule has 0 unspecified atom stereocenters. The Kier molecular flexibility index (Phi) is 4.77. The summed E-state index contributed by atoms with van der Waals surface area (Å²) in [6, 6.07) is 5.60. The SMILES string of the molecule is COc1ccc(Cl)cc1CCCCO. The second-order valence-electron chi connectivity index (χ2n) is 3.14. The average Bonchev–Trinajstić information content (AvgIpc) is 2.19. The molecule has 0 aromatic heterocycles. The number of methoxy groups -OCH3 is 1. The largest absolute Gasteiger partial charge is 0.496 e. The number of ether oxygens (including phenoxy) is 1. The zero-order valence-corrected chi connectivity index (χ0v) is 9.05. The van der Waals surface area contributed by atoms with Crippen molar-refractivity contribution in [2.75, 3.05) is 13.7 Å². The predicted molar refractivity (Wildman–Crippen MR) is 58.0 cm³/mol. The van der Waals surface area contributed by atoms with Gasteiger partial charge in [0.15, 0.2) is 0 Å². The molecule has 0 atom stereocenters. The molecule has 0 amide bonds. The summed E-state index contributed by atoms with van der Waals surface area (Å²) in [6.45, 7) is 0.239. The number of rotatable bonds is 5. The highest BCUT2D eigenvalue weighted by atomic mass is 35.5. The summed E-state index contributed by atoms with van der Waals surface area (Å²) >= 11 is 5.88. The lowest BCUT2D eigenvalue weighted by atomic mass is 10.1. The highest BCUT2D eigenvalue weighted by Gasteiger charge is 2.02. The van der Waals surface area contributed by atoms with Gasteiger partial charge in [-0.1, -0.05) is 11.6 Å². The molecule has 0 radical (unpaired) electrons. The third-order valence-corrected chi connectivity index (χ3v) is 2.33. The van der Waals surface area contributed by atoms with Gasteiger partial charge in [-0.05, 0) is 43.0 Å². The first kappa shape index (κ1) is 11.3. The maximum atomic E-state index is 8.67. The van der Waals surface area contributed by atoms with Crippen molar-refractivity contribution in [3.05, 3.63) is 28.8 Å². The van der Waals surface area contributed by atoms with Gasteiger partial charge in [0, 0.05) is 11.6 Å². The lowest BCUT2D eigenvalue weighted by Gasteiger charge is -2.08. The van der Waals surface area contributed by atoms with Gasteiger partial charge in [-0.2, -0.15) is 0 Å². The first-order valence-corrected chi connectivity index (χ1v) is 5.09. The van der Waals surface area contributed by atoms with Gasteiger partial charge < -0.3 is 9.84 Å². The molecule has 0 fully saturated rings. The van der Waals surface area contributed by atoms with E-state index in [-0.39, 0.29) is 6.61 Å². The van der Waals surface area contributed by atoms with Crippen molar-refractivity contribution in [2.45, 2.75) is 19.3 Å². The number of unbranched alkanes of at least 4 members (excludes halogenated alkanes) is 1. The van der Waals surface area contributed by atoms with Crippen LogP contribution in [0, 0.1) is 0 Å². The lowest BCUT2D eigenvalue weighted by Crippen LogP contribution is -1.93. The summed E-state index contributed by atoms with van der Waals surface area (Å²) in [5, 5.41) is 9.39. The second-order valence-corrected chi connectivity index (χ2v) is 3.57. The fourth-order valence-electron chi connectivity index (χ4n) is 1.37. The molecule has 0 aliphatic heterocycles. The number of benzene rings is 1. The van der Waals surface area contributed by atoms with Crippen LogP contribution in [0.3, 0.4) is 0 Å². The molecule has 0 bridgehead atoms. The first-order chi connectivity index (χ1) is 6.77. The van der Waals surface area contributed by atoms with Crippen molar-refractivity contribution in [3.63, 3.8) is 0 Å². The third-order valence-electron chi connectivity index (χ3n) is 2.10. The van der Waals surface area contributed by atoms with Gasteiger partial charge in [0.05, 0.1) is 7.11 Å². The molecule has 78 valence electrons. The maximum Gasteiger partial charge on any atom is 0.122 e. The Morgan fingerprint density at radius 1 is 1.36 bits per heavy atom. The van der Waals surface area contributed by atoms with Crippen LogP contribution >= 0.6 is 11.6 Å². The van der Waals surface area contributed by atoms with Crippen LogP contribution in [0.2, 0.25) is 5.02 Å². The van der Waals surface area contributed by atoms with Crippen LogP contribution in [-0.2, 0) is 6.42 Å². The Hall–Kier alpha value is -0.730. The minimum atomic E-state index is 0.239. The number of aliphatic hydroxyl groups excluding tert-OH is 1. The van der Waals surface area contributed by atoms with Crippen molar-refractivity contribution in [3.8, 4) is 5.75 Å². The van der Waals surface area contributed by atoms with Crippen LogP contribution in [0.4, 0.5) is 0 Å². The van der Waals surface area contributed by atoms with Crippen LogP contribution in [-0.4, -0.2) is 18.8 Å². The summed E-state index contributed by atoms with van der Waals surface area (Å²) in [5.74, 6) is 0.868. The van der Waals surface area contributed by atoms with Crippen LogP contribution in [0.25, 0.3) is 0 Å². The van der Waals surface area contributed by atoms with Gasteiger partial charge in [0.25, 0.3) is 0 Å². The van der Waals surface area contributed by atoms with Crippen molar-refractivity contribution >= 4 is 11.6 Å². The number of halogens is 1. The summed E-state index contributed by atoms with van der Waals surface area (Å²) in [5.41, 5.74) is 1.11. The molecule has 3 heteroatoms. The van der Waals surface area contributed by atoms with E-state index >= 15 is 0 Å². The molecule has 1 aromatic rings. The van der Waals surface area contributed by atoms with E-state index in [0.29, 0.717) is 0 Å². The van der Waals surface area contributed by atoms with Gasteiger partial charge in [-0.3, -0.25) is 0 Å². The van der Waals surface area contributed by atoms with Crippen molar-refractivity contribution in [2.24, 2.45) is 0 Å². The molecular weight excluding hydrogens is 200 g/mol. The molecule has 0 saturated carbocycles. The van der Waals surface area contributed by atoms with Crippen molar-refractivity contribution in [1.82, 2.24) is 0 Å². The molecule has 0 aliphatic carbocycles. The standard InChI is InChI=1S/C11H15ClO2/c1-14-11-6-5-10(12)8-9(11)4-2-3-7-13/h5-6,8,13H,2-4,7H2,1H3. The molecule has 2 nitrogen and oxygen atoms in total. The minimum absolute atomic E-state index is 0.239. The highest BCUT2D eigenvalue weighted by Crippen LogP contribution is 2.23. The van der Waals surface area contributed by atoms with Gasteiger partial charge in [-0.25, -0.2) is 0 Å². The Bertz CT molecular complexity index is 287. The maximum absolute atomic E-state index is 8.67. The molecule has 0 spiro atoms. The Labute approximate surface area is 89.5 Å². The molecule has 14 heavy (non-hydrogen) atoms. The van der Waals surface area contributed by atoms with Gasteiger partial charge in [0.2, 0.25) is 0 Å². The molecule has 0 heterocycles. The van der Waals surface area contributed by atoms with Crippen LogP contribution in [0.5, 0.6) is 5.75 Å². The second kappa shape index (κ2) is 5.89. The Balaban J connectivity index is 2.67. The van der Waals surface area contributed by atoms with E-state index < -0.39 is 0 Å². The van der Waals surface area contributed by atoms with Crippen LogP contribution in [0.1, 0.15) is 18.4 Å². The van der Waals surface area contributed by atoms with Crippen LogP contribution in [0.15, 0.2) is 18.2 Å². The normalized spacial score (nSPS) is 10.2. The Morgan fingerprint density at radius 2 is 2.14 bits per heavy atom. The smallest absolute Gasteiger partial charge is 0.122 e. The first-order valence-electron chi connectivity index (χ1n) is 4.71. The van der Waals surface area contributed by atoms with Gasteiger partial charge >= 0.3 is 0 Å². The number of aryl methyl sites for hydroxylation is 1. The zero-order chi connectivity index (χ0) is 10.4. The number of aliphatic hydroxyl groups is 1. The van der Waals surface area contributed by atoms with E-state index in [2.05, 4.69) is 0 Å². The third kappa shape index (κ3) is 3.20. The zero-order valence-electron chi connectivity index (χ0n) is 8.29. The van der Waals surface area contributed by atoms with E-state index in [4.69, 9.17) is 21.4 Å². The predicted octanol–water partition coefficient (Wildman–Crippen LogP) is 2.66. The fourth-order valence-corrected chi connectivity index (χ4v) is 1.56. The van der Waals surface area contributed by atoms with E-state index in [0.717, 1.165) is 35.6 Å². The lowest BCUT2D eigenvalue weighted by molar-refractivity contribution is 0.284. The van der Waals surface area contributed by atoms with Crippen molar-refractivity contribution in [1.29, 1.82) is 0 Å². The molecular formula is C11H15ClO2.